The Kier molecular flexibility index (Phi) is 10.2. The maximum Gasteiger partial charge on any atom is 0.221 e. The average molecular weight is 243 g/mol. The van der Waals surface area contributed by atoms with E-state index in [-0.39, 0.29) is 11.9 Å². The predicted octanol–water partition coefficient (Wildman–Crippen LogP) is 1.22. The fourth-order valence-corrected chi connectivity index (χ4v) is 1.69. The summed E-state index contributed by atoms with van der Waals surface area (Å²) < 4.78 is 0. The lowest BCUT2D eigenvalue weighted by molar-refractivity contribution is -0.121. The molecule has 0 heterocycles. The highest BCUT2D eigenvalue weighted by Crippen LogP contribution is 1.89. The minimum Gasteiger partial charge on any atom is -0.354 e. The van der Waals surface area contributed by atoms with E-state index >= 15 is 0 Å². The maximum absolute atomic E-state index is 11.3. The van der Waals surface area contributed by atoms with Crippen LogP contribution in [0.1, 0.15) is 40.5 Å². The van der Waals surface area contributed by atoms with E-state index in [1.165, 1.54) is 0 Å². The van der Waals surface area contributed by atoms with Gasteiger partial charge >= 0.3 is 0 Å². The Balaban J connectivity index is 3.31. The van der Waals surface area contributed by atoms with Gasteiger partial charge in [-0.3, -0.25) is 4.79 Å². The molecule has 0 aromatic carbocycles. The smallest absolute Gasteiger partial charge is 0.221 e. The summed E-state index contributed by atoms with van der Waals surface area (Å²) in [6.07, 6.45) is 1.72. The number of carbonyl (C=O) groups excluding carboxylic acids is 1. The summed E-state index contributed by atoms with van der Waals surface area (Å²) in [6, 6.07) is 0.241. The Morgan fingerprint density at radius 2 is 1.82 bits per heavy atom. The Labute approximate surface area is 106 Å². The fraction of sp³-hybridized carbons (Fsp3) is 0.923. The monoisotopic (exact) mass is 243 g/mol. The van der Waals surface area contributed by atoms with Gasteiger partial charge < -0.3 is 15.5 Å². The summed E-state index contributed by atoms with van der Waals surface area (Å²) in [4.78, 5) is 13.7. The van der Waals surface area contributed by atoms with E-state index in [9.17, 15) is 4.79 Å². The van der Waals surface area contributed by atoms with Crippen molar-refractivity contribution in [2.24, 2.45) is 0 Å². The number of nitrogens with one attached hydrogen (secondary N) is 2. The normalized spacial score (nSPS) is 11.2. The number of carbonyl (C=O) groups is 1. The summed E-state index contributed by atoms with van der Waals surface area (Å²) >= 11 is 0. The second-order valence-corrected chi connectivity index (χ2v) is 4.60. The van der Waals surface area contributed by atoms with Crippen LogP contribution < -0.4 is 10.6 Å². The third-order valence-electron chi connectivity index (χ3n) is 2.70. The van der Waals surface area contributed by atoms with Crippen molar-refractivity contribution in [2.45, 2.75) is 46.6 Å². The molecule has 2 N–H and O–H groups in total. The molecule has 17 heavy (non-hydrogen) atoms. The second-order valence-electron chi connectivity index (χ2n) is 4.60. The lowest BCUT2D eigenvalue weighted by Gasteiger charge is -2.17. The van der Waals surface area contributed by atoms with Gasteiger partial charge in [-0.05, 0) is 46.4 Å². The first-order valence-electron chi connectivity index (χ1n) is 6.82. The van der Waals surface area contributed by atoms with Gasteiger partial charge in [-0.2, -0.15) is 0 Å². The molecule has 0 radical (unpaired) electrons. The molecule has 1 amide bonds. The molecule has 0 aliphatic rings. The molecule has 102 valence electrons. The quantitative estimate of drug-likeness (QED) is 0.567. The summed E-state index contributed by atoms with van der Waals surface area (Å²) in [5, 5.41) is 6.19. The third-order valence-corrected chi connectivity index (χ3v) is 2.70. The zero-order valence-corrected chi connectivity index (χ0v) is 11.9. The van der Waals surface area contributed by atoms with Crippen molar-refractivity contribution in [1.82, 2.24) is 15.5 Å². The van der Waals surface area contributed by atoms with Gasteiger partial charge in [0.05, 0.1) is 0 Å². The van der Waals surface area contributed by atoms with Crippen LogP contribution in [0.5, 0.6) is 0 Å². The largest absolute Gasteiger partial charge is 0.354 e. The first-order valence-corrected chi connectivity index (χ1v) is 6.82. The average Bonchev–Trinajstić information content (AvgIpc) is 2.27. The van der Waals surface area contributed by atoms with Crippen LogP contribution in [-0.4, -0.2) is 49.6 Å². The molecule has 4 heteroatoms. The van der Waals surface area contributed by atoms with E-state index in [4.69, 9.17) is 0 Å². The van der Waals surface area contributed by atoms with Crippen molar-refractivity contribution < 1.29 is 4.79 Å². The Morgan fingerprint density at radius 3 is 2.35 bits per heavy atom. The number of hydrogen-bond donors (Lipinski definition) is 2. The topological polar surface area (TPSA) is 44.4 Å². The maximum atomic E-state index is 11.3. The molecule has 0 fully saturated rings. The highest BCUT2D eigenvalue weighted by atomic mass is 16.1. The van der Waals surface area contributed by atoms with Crippen LogP contribution in [-0.2, 0) is 4.79 Å². The molecule has 0 aliphatic heterocycles. The van der Waals surface area contributed by atoms with Crippen LogP contribution in [0.3, 0.4) is 0 Å². The molecular formula is C13H29N3O. The SMILES string of the molecule is CCN(CC)CCCNCCC(=O)NC(C)C. The van der Waals surface area contributed by atoms with Gasteiger partial charge in [0.1, 0.15) is 0 Å². The molecule has 0 bridgehead atoms. The van der Waals surface area contributed by atoms with Gasteiger partial charge in [-0.15, -0.1) is 0 Å². The van der Waals surface area contributed by atoms with Crippen LogP contribution in [0.2, 0.25) is 0 Å². The van der Waals surface area contributed by atoms with E-state index < -0.39 is 0 Å². The zero-order valence-electron chi connectivity index (χ0n) is 11.9. The highest BCUT2D eigenvalue weighted by molar-refractivity contribution is 5.76. The van der Waals surface area contributed by atoms with Crippen molar-refractivity contribution in [2.75, 3.05) is 32.7 Å². The van der Waals surface area contributed by atoms with Crippen LogP contribution in [0.25, 0.3) is 0 Å². The van der Waals surface area contributed by atoms with Gasteiger partial charge in [0, 0.05) is 19.0 Å². The van der Waals surface area contributed by atoms with Crippen molar-refractivity contribution in [3.63, 3.8) is 0 Å². The van der Waals surface area contributed by atoms with E-state index in [0.717, 1.165) is 39.1 Å². The molecule has 0 atom stereocenters. The van der Waals surface area contributed by atoms with Gasteiger partial charge in [0.2, 0.25) is 5.91 Å². The van der Waals surface area contributed by atoms with Crippen LogP contribution in [0.4, 0.5) is 0 Å². The lowest BCUT2D eigenvalue weighted by atomic mass is 10.3. The molecule has 0 unspecified atom stereocenters. The summed E-state index contributed by atoms with van der Waals surface area (Å²) in [5.41, 5.74) is 0. The minimum absolute atomic E-state index is 0.135. The van der Waals surface area contributed by atoms with Crippen molar-refractivity contribution in [3.8, 4) is 0 Å². The van der Waals surface area contributed by atoms with Gasteiger partial charge in [-0.1, -0.05) is 13.8 Å². The predicted molar refractivity (Wildman–Crippen MR) is 73.2 cm³/mol. The summed E-state index contributed by atoms with van der Waals surface area (Å²) in [6.45, 7) is 13.5. The van der Waals surface area contributed by atoms with Crippen LogP contribution in [0, 0.1) is 0 Å². The molecule has 0 spiro atoms. The van der Waals surface area contributed by atoms with Crippen LogP contribution in [0.15, 0.2) is 0 Å². The molecule has 0 saturated carbocycles. The fourth-order valence-electron chi connectivity index (χ4n) is 1.69. The number of amides is 1. The molecular weight excluding hydrogens is 214 g/mol. The minimum atomic E-state index is 0.135. The first-order chi connectivity index (χ1) is 8.10. The Morgan fingerprint density at radius 1 is 1.18 bits per heavy atom. The van der Waals surface area contributed by atoms with Gasteiger partial charge in [-0.25, -0.2) is 0 Å². The summed E-state index contributed by atoms with van der Waals surface area (Å²) in [5.74, 6) is 0.135. The molecule has 0 aromatic rings. The van der Waals surface area contributed by atoms with Crippen molar-refractivity contribution in [3.05, 3.63) is 0 Å². The summed E-state index contributed by atoms with van der Waals surface area (Å²) in [7, 11) is 0. The number of hydrogen-bond acceptors (Lipinski definition) is 3. The van der Waals surface area contributed by atoms with Crippen molar-refractivity contribution >= 4 is 5.91 Å². The van der Waals surface area contributed by atoms with E-state index in [1.54, 1.807) is 0 Å². The number of nitrogens with zero attached hydrogens (tertiary/aromatic N) is 1. The first kappa shape index (κ1) is 16.4. The molecule has 0 aromatic heterocycles. The highest BCUT2D eigenvalue weighted by Gasteiger charge is 2.02. The Hall–Kier alpha value is -0.610. The van der Waals surface area contributed by atoms with Crippen LogP contribution >= 0.6 is 0 Å². The molecule has 0 saturated heterocycles. The second kappa shape index (κ2) is 10.5. The van der Waals surface area contributed by atoms with E-state index in [2.05, 4.69) is 29.4 Å². The third kappa shape index (κ3) is 10.3. The molecule has 0 rings (SSSR count). The van der Waals surface area contributed by atoms with Gasteiger partial charge in [0.25, 0.3) is 0 Å². The zero-order chi connectivity index (χ0) is 13.1. The standard InChI is InChI=1S/C13H29N3O/c1-5-16(6-2)11-7-9-14-10-8-13(17)15-12(3)4/h12,14H,5-11H2,1-4H3,(H,15,17). The Bertz CT molecular complexity index is 191. The van der Waals surface area contributed by atoms with E-state index in [0.29, 0.717) is 6.42 Å². The van der Waals surface area contributed by atoms with E-state index in [1.807, 2.05) is 13.8 Å². The van der Waals surface area contributed by atoms with Gasteiger partial charge in [0.15, 0.2) is 0 Å². The van der Waals surface area contributed by atoms with Crippen molar-refractivity contribution in [1.29, 1.82) is 0 Å². The lowest BCUT2D eigenvalue weighted by Crippen LogP contribution is -2.33. The number of rotatable bonds is 10. The molecule has 4 nitrogen and oxygen atoms in total. The molecule has 0 aliphatic carbocycles.